The Kier molecular flexibility index (Phi) is 6.57. The smallest absolute Gasteiger partial charge is 0.0794 e. The van der Waals surface area contributed by atoms with Gasteiger partial charge in [-0.3, -0.25) is 4.98 Å². The van der Waals surface area contributed by atoms with E-state index in [-0.39, 0.29) is 0 Å². The minimum absolute atomic E-state index is 0.884. The standard InChI is InChI=1S/C10H18N2OS/c1-13-6-4-2-3-5-11-7-10-8-12-9-14-10/h8-9,11H,2-7H2,1H3. The number of thiazole rings is 1. The highest BCUT2D eigenvalue weighted by Crippen LogP contribution is 2.04. The zero-order valence-corrected chi connectivity index (χ0v) is 9.48. The van der Waals surface area contributed by atoms with Crippen molar-refractivity contribution in [3.8, 4) is 0 Å². The molecule has 0 amide bonds. The predicted octanol–water partition coefficient (Wildman–Crippen LogP) is 2.05. The first kappa shape index (κ1) is 11.6. The van der Waals surface area contributed by atoms with Crippen molar-refractivity contribution < 1.29 is 4.74 Å². The number of nitrogens with one attached hydrogen (secondary N) is 1. The molecule has 1 heterocycles. The van der Waals surface area contributed by atoms with E-state index in [2.05, 4.69) is 10.3 Å². The Balaban J connectivity index is 1.85. The van der Waals surface area contributed by atoms with E-state index >= 15 is 0 Å². The first-order chi connectivity index (χ1) is 6.93. The van der Waals surface area contributed by atoms with E-state index in [4.69, 9.17) is 4.74 Å². The van der Waals surface area contributed by atoms with Crippen LogP contribution in [-0.4, -0.2) is 25.2 Å². The average Bonchev–Trinajstić information content (AvgIpc) is 2.69. The molecule has 0 bridgehead atoms. The van der Waals surface area contributed by atoms with E-state index in [0.29, 0.717) is 0 Å². The molecular formula is C10H18N2OS. The van der Waals surface area contributed by atoms with Crippen LogP contribution in [0, 0.1) is 0 Å². The van der Waals surface area contributed by atoms with Crippen LogP contribution in [0.3, 0.4) is 0 Å². The second kappa shape index (κ2) is 7.91. The fourth-order valence-corrected chi connectivity index (χ4v) is 1.78. The molecule has 0 aliphatic rings. The Morgan fingerprint density at radius 3 is 3.07 bits per heavy atom. The zero-order valence-electron chi connectivity index (χ0n) is 8.66. The van der Waals surface area contributed by atoms with Gasteiger partial charge in [0.25, 0.3) is 0 Å². The Morgan fingerprint density at radius 1 is 1.43 bits per heavy atom. The van der Waals surface area contributed by atoms with Crippen LogP contribution in [-0.2, 0) is 11.3 Å². The highest BCUT2D eigenvalue weighted by Gasteiger charge is 1.93. The van der Waals surface area contributed by atoms with Gasteiger partial charge in [0.2, 0.25) is 0 Å². The van der Waals surface area contributed by atoms with Gasteiger partial charge in [0, 0.05) is 31.3 Å². The molecule has 1 rings (SSSR count). The third kappa shape index (κ3) is 5.32. The van der Waals surface area contributed by atoms with Gasteiger partial charge < -0.3 is 10.1 Å². The van der Waals surface area contributed by atoms with Gasteiger partial charge in [-0.15, -0.1) is 11.3 Å². The van der Waals surface area contributed by atoms with Gasteiger partial charge in [0.1, 0.15) is 0 Å². The van der Waals surface area contributed by atoms with E-state index in [0.717, 1.165) is 19.7 Å². The molecule has 3 nitrogen and oxygen atoms in total. The molecule has 0 unspecified atom stereocenters. The first-order valence-corrected chi connectivity index (χ1v) is 5.88. The van der Waals surface area contributed by atoms with Crippen molar-refractivity contribution >= 4 is 11.3 Å². The molecule has 0 radical (unpaired) electrons. The van der Waals surface area contributed by atoms with Crippen molar-refractivity contribution in [3.05, 3.63) is 16.6 Å². The lowest BCUT2D eigenvalue weighted by molar-refractivity contribution is 0.192. The Bertz CT molecular complexity index is 214. The molecule has 0 saturated heterocycles. The highest BCUT2D eigenvalue weighted by atomic mass is 32.1. The SMILES string of the molecule is COCCCCCNCc1cncs1. The molecular weight excluding hydrogens is 196 g/mol. The predicted molar refractivity (Wildman–Crippen MR) is 59.5 cm³/mol. The minimum atomic E-state index is 0.884. The summed E-state index contributed by atoms with van der Waals surface area (Å²) in [5.41, 5.74) is 1.87. The number of ether oxygens (including phenoxy) is 1. The summed E-state index contributed by atoms with van der Waals surface area (Å²) in [7, 11) is 1.75. The van der Waals surface area contributed by atoms with E-state index < -0.39 is 0 Å². The largest absolute Gasteiger partial charge is 0.385 e. The Morgan fingerprint density at radius 2 is 2.36 bits per heavy atom. The summed E-state index contributed by atoms with van der Waals surface area (Å²) in [4.78, 5) is 5.33. The van der Waals surface area contributed by atoms with Crippen LogP contribution in [0.1, 0.15) is 24.1 Å². The molecule has 80 valence electrons. The highest BCUT2D eigenvalue weighted by molar-refractivity contribution is 7.09. The van der Waals surface area contributed by atoms with Gasteiger partial charge in [0.05, 0.1) is 5.51 Å². The molecule has 1 aromatic heterocycles. The zero-order chi connectivity index (χ0) is 10.1. The monoisotopic (exact) mass is 214 g/mol. The summed E-state index contributed by atoms with van der Waals surface area (Å²) in [6.07, 6.45) is 5.55. The number of unbranched alkanes of at least 4 members (excludes halogenated alkanes) is 2. The fraction of sp³-hybridized carbons (Fsp3) is 0.700. The molecule has 0 spiro atoms. The van der Waals surface area contributed by atoms with Crippen molar-refractivity contribution in [2.75, 3.05) is 20.3 Å². The molecule has 0 fully saturated rings. The summed E-state index contributed by atoms with van der Waals surface area (Å²) in [5.74, 6) is 0. The number of aromatic nitrogens is 1. The average molecular weight is 214 g/mol. The van der Waals surface area contributed by atoms with Crippen molar-refractivity contribution in [2.45, 2.75) is 25.8 Å². The van der Waals surface area contributed by atoms with Gasteiger partial charge in [-0.2, -0.15) is 0 Å². The van der Waals surface area contributed by atoms with Crippen LogP contribution in [0.5, 0.6) is 0 Å². The molecule has 0 aliphatic carbocycles. The summed E-state index contributed by atoms with van der Waals surface area (Å²) in [6.45, 7) is 2.92. The normalized spacial score (nSPS) is 10.6. The third-order valence-electron chi connectivity index (χ3n) is 1.98. The van der Waals surface area contributed by atoms with Gasteiger partial charge >= 0.3 is 0 Å². The van der Waals surface area contributed by atoms with Crippen LogP contribution in [0.25, 0.3) is 0 Å². The maximum absolute atomic E-state index is 4.98. The maximum atomic E-state index is 4.98. The molecule has 0 aromatic carbocycles. The molecule has 0 atom stereocenters. The summed E-state index contributed by atoms with van der Waals surface area (Å²) in [6, 6.07) is 0. The third-order valence-corrected chi connectivity index (χ3v) is 2.76. The van der Waals surface area contributed by atoms with E-state index in [1.807, 2.05) is 11.7 Å². The van der Waals surface area contributed by atoms with Crippen molar-refractivity contribution in [1.82, 2.24) is 10.3 Å². The summed E-state index contributed by atoms with van der Waals surface area (Å²) >= 11 is 1.70. The van der Waals surface area contributed by atoms with Gasteiger partial charge in [-0.25, -0.2) is 0 Å². The quantitative estimate of drug-likeness (QED) is 0.673. The van der Waals surface area contributed by atoms with Crippen LogP contribution in [0.15, 0.2) is 11.7 Å². The maximum Gasteiger partial charge on any atom is 0.0794 e. The Labute approximate surface area is 89.5 Å². The topological polar surface area (TPSA) is 34.1 Å². The number of methoxy groups -OCH3 is 1. The van der Waals surface area contributed by atoms with E-state index in [1.165, 1.54) is 24.1 Å². The lowest BCUT2D eigenvalue weighted by atomic mass is 10.2. The number of rotatable bonds is 8. The molecule has 0 saturated carbocycles. The second-order valence-corrected chi connectivity index (χ2v) is 4.17. The van der Waals surface area contributed by atoms with Crippen LogP contribution in [0.2, 0.25) is 0 Å². The van der Waals surface area contributed by atoms with Crippen molar-refractivity contribution in [1.29, 1.82) is 0 Å². The fourth-order valence-electron chi connectivity index (χ4n) is 1.21. The minimum Gasteiger partial charge on any atom is -0.385 e. The summed E-state index contributed by atoms with van der Waals surface area (Å²) < 4.78 is 4.98. The molecule has 4 heteroatoms. The lowest BCUT2D eigenvalue weighted by Crippen LogP contribution is -2.13. The van der Waals surface area contributed by atoms with Crippen LogP contribution in [0.4, 0.5) is 0 Å². The molecule has 1 aromatic rings. The first-order valence-electron chi connectivity index (χ1n) is 5.00. The van der Waals surface area contributed by atoms with Gasteiger partial charge in [-0.05, 0) is 25.8 Å². The van der Waals surface area contributed by atoms with Gasteiger partial charge in [0.15, 0.2) is 0 Å². The number of nitrogens with zero attached hydrogens (tertiary/aromatic N) is 1. The Hall–Kier alpha value is -0.450. The van der Waals surface area contributed by atoms with Gasteiger partial charge in [-0.1, -0.05) is 0 Å². The summed E-state index contributed by atoms with van der Waals surface area (Å²) in [5, 5.41) is 3.39. The van der Waals surface area contributed by atoms with Crippen LogP contribution >= 0.6 is 11.3 Å². The van der Waals surface area contributed by atoms with E-state index in [1.54, 1.807) is 18.4 Å². The molecule has 1 N–H and O–H groups in total. The number of hydrogen-bond donors (Lipinski definition) is 1. The second-order valence-electron chi connectivity index (χ2n) is 3.20. The van der Waals surface area contributed by atoms with Crippen molar-refractivity contribution in [2.24, 2.45) is 0 Å². The van der Waals surface area contributed by atoms with Crippen molar-refractivity contribution in [3.63, 3.8) is 0 Å². The van der Waals surface area contributed by atoms with E-state index in [9.17, 15) is 0 Å². The molecule has 14 heavy (non-hydrogen) atoms. The van der Waals surface area contributed by atoms with Crippen LogP contribution < -0.4 is 5.32 Å². The lowest BCUT2D eigenvalue weighted by Gasteiger charge is -2.02. The number of hydrogen-bond acceptors (Lipinski definition) is 4. The molecule has 0 aliphatic heterocycles.